The normalized spacial score (nSPS) is 11.0. The number of hydrogen-bond donors (Lipinski definition) is 1. The van der Waals surface area contributed by atoms with Gasteiger partial charge < -0.3 is 14.1 Å². The van der Waals surface area contributed by atoms with E-state index in [1.54, 1.807) is 6.07 Å². The van der Waals surface area contributed by atoms with E-state index < -0.39 is 16.8 Å². The summed E-state index contributed by atoms with van der Waals surface area (Å²) in [6.45, 7) is 0. The van der Waals surface area contributed by atoms with Gasteiger partial charge in [-0.1, -0.05) is 11.6 Å². The molecule has 6 nitrogen and oxygen atoms in total. The maximum atomic E-state index is 12.4. The maximum absolute atomic E-state index is 12.4. The summed E-state index contributed by atoms with van der Waals surface area (Å²) in [5.41, 5.74) is -1.19. The van der Waals surface area contributed by atoms with Crippen LogP contribution in [0.3, 0.4) is 0 Å². The highest BCUT2D eigenvalue weighted by Gasteiger charge is 2.15. The number of benzene rings is 1. The van der Waals surface area contributed by atoms with Crippen molar-refractivity contribution < 1.29 is 13.9 Å². The second-order valence-corrected chi connectivity index (χ2v) is 4.75. The van der Waals surface area contributed by atoms with Gasteiger partial charge in [-0.15, -0.1) is 0 Å². The van der Waals surface area contributed by atoms with Crippen LogP contribution in [-0.4, -0.2) is 18.1 Å². The van der Waals surface area contributed by atoms with E-state index >= 15 is 0 Å². The second-order valence-electron chi connectivity index (χ2n) is 4.31. The summed E-state index contributed by atoms with van der Waals surface area (Å²) >= 11 is 5.85. The minimum Gasteiger partial charge on any atom is -0.464 e. The summed E-state index contributed by atoms with van der Waals surface area (Å²) < 4.78 is 9.95. The molecule has 106 valence electrons. The fraction of sp³-hybridized carbons (Fsp3) is 0.0714. The lowest BCUT2D eigenvalue weighted by Gasteiger charge is -2.04. The number of methoxy groups -OCH3 is 1. The number of nitrogens with one attached hydrogen (secondary N) is 1. The highest BCUT2D eigenvalue weighted by molar-refractivity contribution is 6.31. The second kappa shape index (κ2) is 4.75. The maximum Gasteiger partial charge on any atom is 0.354 e. The van der Waals surface area contributed by atoms with Gasteiger partial charge >= 0.3 is 5.97 Å². The van der Waals surface area contributed by atoms with Crippen LogP contribution in [0.5, 0.6) is 0 Å². The molecule has 0 saturated carbocycles. The minimum atomic E-state index is -0.750. The molecule has 2 heterocycles. The number of ether oxygens (including phenoxy) is 1. The minimum absolute atomic E-state index is 0.0994. The standard InChI is InChI=1S/C14H8ClNO5/c1-20-14(19)8-5-9(17)13-11(16-8)12(18)7-4-6(15)2-3-10(7)21-13/h2-5H,1H3,(H,16,17). The first-order chi connectivity index (χ1) is 10.0. The Morgan fingerprint density at radius 1 is 1.29 bits per heavy atom. The Kier molecular flexibility index (Phi) is 3.03. The van der Waals surface area contributed by atoms with Crippen molar-refractivity contribution in [2.24, 2.45) is 0 Å². The molecule has 7 heteroatoms. The molecule has 1 N–H and O–H groups in total. The number of aromatic nitrogens is 1. The van der Waals surface area contributed by atoms with Crippen molar-refractivity contribution in [3.8, 4) is 0 Å². The van der Waals surface area contributed by atoms with Crippen molar-refractivity contribution in [1.82, 2.24) is 4.98 Å². The number of pyridine rings is 1. The van der Waals surface area contributed by atoms with E-state index in [0.717, 1.165) is 6.07 Å². The molecular formula is C14H8ClNO5. The fourth-order valence-corrected chi connectivity index (χ4v) is 2.21. The van der Waals surface area contributed by atoms with Crippen LogP contribution in [0.15, 0.2) is 38.3 Å². The molecule has 21 heavy (non-hydrogen) atoms. The van der Waals surface area contributed by atoms with Gasteiger partial charge in [0.2, 0.25) is 16.4 Å². The van der Waals surface area contributed by atoms with Gasteiger partial charge in [0.15, 0.2) is 0 Å². The van der Waals surface area contributed by atoms with E-state index in [0.29, 0.717) is 5.02 Å². The number of esters is 1. The molecule has 2 aromatic heterocycles. The van der Waals surface area contributed by atoms with Gasteiger partial charge in [-0.3, -0.25) is 9.59 Å². The molecule has 0 bridgehead atoms. The van der Waals surface area contributed by atoms with E-state index in [2.05, 4.69) is 9.72 Å². The molecule has 0 amide bonds. The molecule has 0 unspecified atom stereocenters. The third-order valence-corrected chi connectivity index (χ3v) is 3.25. The summed E-state index contributed by atoms with van der Waals surface area (Å²) in [7, 11) is 1.17. The SMILES string of the molecule is COC(=O)c1cc(=O)c2oc3ccc(Cl)cc3c(=O)c2[nH]1. The number of rotatable bonds is 1. The lowest BCUT2D eigenvalue weighted by atomic mass is 10.2. The predicted octanol–water partition coefficient (Wildman–Crippen LogP) is 2.07. The zero-order valence-corrected chi connectivity index (χ0v) is 11.5. The van der Waals surface area contributed by atoms with Crippen LogP contribution in [0.25, 0.3) is 22.1 Å². The average molecular weight is 306 g/mol. The fourth-order valence-electron chi connectivity index (χ4n) is 2.04. The number of hydrogen-bond acceptors (Lipinski definition) is 5. The van der Waals surface area contributed by atoms with Gasteiger partial charge in [0.25, 0.3) is 0 Å². The summed E-state index contributed by atoms with van der Waals surface area (Å²) in [6, 6.07) is 5.52. The molecule has 3 rings (SSSR count). The molecule has 0 aliphatic rings. The lowest BCUT2D eigenvalue weighted by Crippen LogP contribution is -2.16. The third-order valence-electron chi connectivity index (χ3n) is 3.02. The third kappa shape index (κ3) is 2.09. The van der Waals surface area contributed by atoms with Crippen molar-refractivity contribution in [3.05, 3.63) is 55.4 Å². The number of carbonyl (C=O) groups is 1. The zero-order chi connectivity index (χ0) is 15.1. The van der Waals surface area contributed by atoms with Crippen LogP contribution >= 0.6 is 11.6 Å². The Labute approximate surface area is 121 Å². The van der Waals surface area contributed by atoms with Crippen LogP contribution in [-0.2, 0) is 4.74 Å². The Bertz CT molecular complexity index is 1000. The zero-order valence-electron chi connectivity index (χ0n) is 10.7. The van der Waals surface area contributed by atoms with Crippen molar-refractivity contribution in [2.45, 2.75) is 0 Å². The van der Waals surface area contributed by atoms with Gasteiger partial charge in [0, 0.05) is 11.1 Å². The predicted molar refractivity (Wildman–Crippen MR) is 77.0 cm³/mol. The Balaban J connectivity index is 2.49. The number of aromatic amines is 1. The molecule has 0 spiro atoms. The quantitative estimate of drug-likeness (QED) is 0.549. The summed E-state index contributed by atoms with van der Waals surface area (Å²) in [5.74, 6) is -0.750. The van der Waals surface area contributed by atoms with Crippen LogP contribution in [0, 0.1) is 0 Å². The van der Waals surface area contributed by atoms with Crippen molar-refractivity contribution in [2.75, 3.05) is 7.11 Å². The van der Waals surface area contributed by atoms with Crippen LogP contribution in [0.2, 0.25) is 5.02 Å². The lowest BCUT2D eigenvalue weighted by molar-refractivity contribution is 0.0594. The molecular weight excluding hydrogens is 298 g/mol. The first-order valence-corrected chi connectivity index (χ1v) is 6.27. The number of carbonyl (C=O) groups excluding carboxylic acids is 1. The van der Waals surface area contributed by atoms with Gasteiger partial charge in [0.05, 0.1) is 12.5 Å². The summed E-state index contributed by atoms with van der Waals surface area (Å²) in [5, 5.41) is 0.577. The molecule has 0 fully saturated rings. The number of fused-ring (bicyclic) bond motifs is 2. The molecule has 0 saturated heterocycles. The Morgan fingerprint density at radius 3 is 2.76 bits per heavy atom. The first kappa shape index (κ1) is 13.4. The van der Waals surface area contributed by atoms with Gasteiger partial charge in [-0.2, -0.15) is 0 Å². The van der Waals surface area contributed by atoms with Crippen LogP contribution in [0.4, 0.5) is 0 Å². The van der Waals surface area contributed by atoms with E-state index in [9.17, 15) is 14.4 Å². The smallest absolute Gasteiger partial charge is 0.354 e. The Morgan fingerprint density at radius 2 is 2.05 bits per heavy atom. The molecule has 0 atom stereocenters. The van der Waals surface area contributed by atoms with Crippen molar-refractivity contribution in [1.29, 1.82) is 0 Å². The molecule has 0 aliphatic carbocycles. The Hall–Kier alpha value is -2.60. The van der Waals surface area contributed by atoms with E-state index in [1.807, 2.05) is 0 Å². The van der Waals surface area contributed by atoms with Crippen LogP contribution < -0.4 is 10.9 Å². The number of H-pyrrole nitrogens is 1. The topological polar surface area (TPSA) is 89.4 Å². The monoisotopic (exact) mass is 305 g/mol. The average Bonchev–Trinajstić information content (AvgIpc) is 2.48. The summed E-state index contributed by atoms with van der Waals surface area (Å²) in [6.07, 6.45) is 0. The van der Waals surface area contributed by atoms with Crippen LogP contribution in [0.1, 0.15) is 10.5 Å². The first-order valence-electron chi connectivity index (χ1n) is 5.89. The van der Waals surface area contributed by atoms with E-state index in [4.69, 9.17) is 16.0 Å². The molecule has 0 aliphatic heterocycles. The van der Waals surface area contributed by atoms with E-state index in [-0.39, 0.29) is 27.8 Å². The summed E-state index contributed by atoms with van der Waals surface area (Å²) in [4.78, 5) is 38.5. The van der Waals surface area contributed by atoms with Gasteiger partial charge in [-0.25, -0.2) is 4.79 Å². The van der Waals surface area contributed by atoms with Crippen molar-refractivity contribution in [3.63, 3.8) is 0 Å². The molecule has 1 aromatic carbocycles. The number of halogens is 1. The van der Waals surface area contributed by atoms with Gasteiger partial charge in [0.1, 0.15) is 16.8 Å². The largest absolute Gasteiger partial charge is 0.464 e. The van der Waals surface area contributed by atoms with Gasteiger partial charge in [-0.05, 0) is 18.2 Å². The van der Waals surface area contributed by atoms with Crippen molar-refractivity contribution >= 4 is 39.6 Å². The van der Waals surface area contributed by atoms with E-state index in [1.165, 1.54) is 19.2 Å². The highest BCUT2D eigenvalue weighted by atomic mass is 35.5. The molecule has 3 aromatic rings. The highest BCUT2D eigenvalue weighted by Crippen LogP contribution is 2.19. The molecule has 0 radical (unpaired) electrons.